The van der Waals surface area contributed by atoms with E-state index < -0.39 is 16.9 Å². The number of hydrazone groups is 1. The first-order chi connectivity index (χ1) is 17.0. The Bertz CT molecular complexity index is 1530. The zero-order chi connectivity index (χ0) is 24.1. The van der Waals surface area contributed by atoms with Gasteiger partial charge in [0.05, 0.1) is 22.0 Å². The van der Waals surface area contributed by atoms with Crippen molar-refractivity contribution < 1.29 is 14.5 Å². The van der Waals surface area contributed by atoms with Crippen LogP contribution in [0.15, 0.2) is 102 Å². The molecule has 2 aliphatic rings. The quantitative estimate of drug-likeness (QED) is 0.252. The Morgan fingerprint density at radius 1 is 0.771 bits per heavy atom. The van der Waals surface area contributed by atoms with Crippen LogP contribution in [-0.2, 0) is 9.59 Å². The van der Waals surface area contributed by atoms with Crippen molar-refractivity contribution in [2.75, 3.05) is 9.91 Å². The highest BCUT2D eigenvalue weighted by molar-refractivity contribution is 6.35. The number of hydrogen-bond acceptors (Lipinski definition) is 6. The highest BCUT2D eigenvalue weighted by Crippen LogP contribution is 2.41. The zero-order valence-corrected chi connectivity index (χ0v) is 18.3. The molecule has 8 heteroatoms. The number of hydrogen-bond donors (Lipinski definition) is 0. The largest absolute Gasteiger partial charge is 0.273 e. The van der Waals surface area contributed by atoms with Crippen LogP contribution in [0.5, 0.6) is 0 Å². The molecule has 1 saturated heterocycles. The summed E-state index contributed by atoms with van der Waals surface area (Å²) in [5.74, 6) is -1.57. The van der Waals surface area contributed by atoms with Crippen LogP contribution in [0.1, 0.15) is 5.56 Å². The van der Waals surface area contributed by atoms with E-state index in [0.29, 0.717) is 22.6 Å². The fraction of sp³-hybridized carbons (Fsp3) is 0.0741. The van der Waals surface area contributed by atoms with Crippen LogP contribution in [0.4, 0.5) is 17.1 Å². The van der Waals surface area contributed by atoms with Gasteiger partial charge >= 0.3 is 0 Å². The molecule has 0 spiro atoms. The van der Waals surface area contributed by atoms with E-state index in [1.54, 1.807) is 23.2 Å². The summed E-state index contributed by atoms with van der Waals surface area (Å²) in [7, 11) is 0. The SMILES string of the molecule is O=C1[C@H]2C(c3ccc([N+](=O)[O-])cc3)=NN(c3ccccc3)[C@@H]2C(=O)N1c1cccc2ccccc12. The monoisotopic (exact) mass is 462 g/mol. The van der Waals surface area contributed by atoms with Crippen molar-refractivity contribution in [1.82, 2.24) is 0 Å². The molecule has 2 amide bonds. The smallest absolute Gasteiger partial charge is 0.269 e. The first-order valence-electron chi connectivity index (χ1n) is 11.1. The van der Waals surface area contributed by atoms with E-state index in [1.807, 2.05) is 66.7 Å². The van der Waals surface area contributed by atoms with Gasteiger partial charge in [-0.15, -0.1) is 0 Å². The van der Waals surface area contributed by atoms with Crippen molar-refractivity contribution >= 4 is 45.4 Å². The molecule has 6 rings (SSSR count). The average molecular weight is 462 g/mol. The number of fused-ring (bicyclic) bond motifs is 2. The first kappa shape index (κ1) is 20.7. The van der Waals surface area contributed by atoms with Gasteiger partial charge in [-0.2, -0.15) is 5.10 Å². The molecule has 35 heavy (non-hydrogen) atoms. The van der Waals surface area contributed by atoms with Crippen LogP contribution < -0.4 is 9.91 Å². The van der Waals surface area contributed by atoms with Crippen molar-refractivity contribution in [2.24, 2.45) is 11.0 Å². The molecule has 0 saturated carbocycles. The van der Waals surface area contributed by atoms with Gasteiger partial charge < -0.3 is 0 Å². The van der Waals surface area contributed by atoms with Gasteiger partial charge in [0.15, 0.2) is 0 Å². The lowest BCUT2D eigenvalue weighted by Crippen LogP contribution is -2.39. The molecular weight excluding hydrogens is 444 g/mol. The summed E-state index contributed by atoms with van der Waals surface area (Å²) in [6.07, 6.45) is 0. The molecule has 1 fully saturated rings. The molecule has 170 valence electrons. The van der Waals surface area contributed by atoms with E-state index in [4.69, 9.17) is 5.10 Å². The number of non-ortho nitro benzene ring substituents is 1. The molecule has 0 radical (unpaired) electrons. The summed E-state index contributed by atoms with van der Waals surface area (Å²) >= 11 is 0. The minimum atomic E-state index is -0.853. The number of nitro benzene ring substituents is 1. The van der Waals surface area contributed by atoms with Crippen LogP contribution in [0.2, 0.25) is 0 Å². The minimum absolute atomic E-state index is 0.0602. The number of carbonyl (C=O) groups excluding carboxylic acids is 2. The summed E-state index contributed by atoms with van der Waals surface area (Å²) in [5.41, 5.74) is 2.12. The molecular formula is C27H18N4O4. The summed E-state index contributed by atoms with van der Waals surface area (Å²) < 4.78 is 0. The fourth-order valence-corrected chi connectivity index (χ4v) is 4.84. The van der Waals surface area contributed by atoms with E-state index in [0.717, 1.165) is 10.8 Å². The highest BCUT2D eigenvalue weighted by Gasteiger charge is 2.57. The Morgan fingerprint density at radius 2 is 1.46 bits per heavy atom. The molecule has 2 atom stereocenters. The third kappa shape index (κ3) is 3.18. The minimum Gasteiger partial charge on any atom is -0.273 e. The number of para-hydroxylation sites is 1. The molecule has 4 aromatic carbocycles. The molecule has 0 aliphatic carbocycles. The Labute approximate surface area is 199 Å². The zero-order valence-electron chi connectivity index (χ0n) is 18.3. The van der Waals surface area contributed by atoms with E-state index in [1.165, 1.54) is 17.0 Å². The standard InChI is InChI=1S/C27H18N4O4/c32-26-23-24(18-13-15-20(16-14-18)31(34)35)28-30(19-9-2-1-3-10-19)25(23)27(33)29(26)22-12-6-8-17-7-4-5-11-21(17)22/h1-16,23,25H/t23-,25-/m0/s1. The maximum absolute atomic E-state index is 13.9. The number of imide groups is 1. The molecule has 0 aromatic heterocycles. The summed E-state index contributed by atoms with van der Waals surface area (Å²) in [6, 6.07) is 27.4. The van der Waals surface area contributed by atoms with Gasteiger partial charge in [-0.05, 0) is 41.3 Å². The number of carbonyl (C=O) groups is 2. The van der Waals surface area contributed by atoms with Crippen LogP contribution in [-0.4, -0.2) is 28.5 Å². The maximum atomic E-state index is 13.9. The fourth-order valence-electron chi connectivity index (χ4n) is 4.84. The van der Waals surface area contributed by atoms with E-state index in [9.17, 15) is 19.7 Å². The summed E-state index contributed by atoms with van der Waals surface area (Å²) in [5, 5.41) is 19.1. The second kappa shape index (κ2) is 7.88. The third-order valence-corrected chi connectivity index (χ3v) is 6.45. The van der Waals surface area contributed by atoms with Gasteiger partial charge in [0, 0.05) is 17.5 Å². The van der Waals surface area contributed by atoms with Crippen molar-refractivity contribution in [3.05, 3.63) is 113 Å². The van der Waals surface area contributed by atoms with Crippen LogP contribution in [0.3, 0.4) is 0 Å². The lowest BCUT2D eigenvalue weighted by atomic mass is 9.92. The maximum Gasteiger partial charge on any atom is 0.269 e. The normalized spacial score (nSPS) is 19.3. The predicted molar refractivity (Wildman–Crippen MR) is 132 cm³/mol. The van der Waals surface area contributed by atoms with Crippen LogP contribution in [0.25, 0.3) is 10.8 Å². The number of amides is 2. The van der Waals surface area contributed by atoms with E-state index >= 15 is 0 Å². The van der Waals surface area contributed by atoms with Crippen LogP contribution in [0, 0.1) is 16.0 Å². The highest BCUT2D eigenvalue weighted by atomic mass is 16.6. The molecule has 2 aliphatic heterocycles. The van der Waals surface area contributed by atoms with Crippen molar-refractivity contribution in [2.45, 2.75) is 6.04 Å². The van der Waals surface area contributed by atoms with Crippen molar-refractivity contribution in [3.8, 4) is 0 Å². The molecule has 0 bridgehead atoms. The molecule has 0 N–H and O–H groups in total. The van der Waals surface area contributed by atoms with Gasteiger partial charge in [0.25, 0.3) is 11.6 Å². The Kier molecular flexibility index (Phi) is 4.67. The molecule has 0 unspecified atom stereocenters. The second-order valence-electron chi connectivity index (χ2n) is 8.40. The topological polar surface area (TPSA) is 96.1 Å². The Morgan fingerprint density at radius 3 is 2.20 bits per heavy atom. The Hall–Kier alpha value is -4.85. The number of benzene rings is 4. The average Bonchev–Trinajstić information content (AvgIpc) is 3.41. The second-order valence-corrected chi connectivity index (χ2v) is 8.40. The molecule has 4 aromatic rings. The van der Waals surface area contributed by atoms with Gasteiger partial charge in [0.1, 0.15) is 12.0 Å². The van der Waals surface area contributed by atoms with Crippen LogP contribution >= 0.6 is 0 Å². The Balaban J connectivity index is 1.49. The van der Waals surface area contributed by atoms with Gasteiger partial charge in [-0.25, -0.2) is 4.90 Å². The summed E-state index contributed by atoms with van der Waals surface area (Å²) in [6.45, 7) is 0. The molecule has 2 heterocycles. The lowest BCUT2D eigenvalue weighted by Gasteiger charge is -2.22. The number of anilines is 2. The van der Waals surface area contributed by atoms with Gasteiger partial charge in [0.2, 0.25) is 5.91 Å². The van der Waals surface area contributed by atoms with Gasteiger partial charge in [-0.1, -0.05) is 54.6 Å². The third-order valence-electron chi connectivity index (χ3n) is 6.45. The van der Waals surface area contributed by atoms with Crippen molar-refractivity contribution in [1.29, 1.82) is 0 Å². The van der Waals surface area contributed by atoms with Crippen molar-refractivity contribution in [3.63, 3.8) is 0 Å². The van der Waals surface area contributed by atoms with E-state index in [-0.39, 0.29) is 17.5 Å². The molecule has 8 nitrogen and oxygen atoms in total. The van der Waals surface area contributed by atoms with E-state index in [2.05, 4.69) is 0 Å². The van der Waals surface area contributed by atoms with Gasteiger partial charge in [-0.3, -0.25) is 24.7 Å². The lowest BCUT2D eigenvalue weighted by molar-refractivity contribution is -0.384. The first-order valence-corrected chi connectivity index (χ1v) is 11.1. The number of rotatable bonds is 4. The summed E-state index contributed by atoms with van der Waals surface area (Å²) in [4.78, 5) is 39.6. The number of nitro groups is 1. The predicted octanol–water partition coefficient (Wildman–Crippen LogP) is 4.53. The number of nitrogens with zero attached hydrogens (tertiary/aromatic N) is 4.